The fourth-order valence-corrected chi connectivity index (χ4v) is 2.71. The van der Waals surface area contributed by atoms with Gasteiger partial charge in [-0.3, -0.25) is 0 Å². The number of nitrogens with one attached hydrogen (secondary N) is 2. The lowest BCUT2D eigenvalue weighted by atomic mass is 10.0. The van der Waals surface area contributed by atoms with Crippen molar-refractivity contribution in [2.75, 3.05) is 36.8 Å². The first-order valence-corrected chi connectivity index (χ1v) is 7.95. The van der Waals surface area contributed by atoms with Crippen LogP contribution in [0.1, 0.15) is 39.5 Å². The molecule has 21 heavy (non-hydrogen) atoms. The molecule has 118 valence electrons. The molecule has 2 rings (SSSR count). The van der Waals surface area contributed by atoms with Gasteiger partial charge in [0.05, 0.1) is 6.20 Å². The molecule has 6 heteroatoms. The van der Waals surface area contributed by atoms with E-state index in [1.54, 1.807) is 0 Å². The molecule has 0 saturated carbocycles. The Bertz CT molecular complexity index is 440. The van der Waals surface area contributed by atoms with Crippen LogP contribution in [0.3, 0.4) is 0 Å². The van der Waals surface area contributed by atoms with Gasteiger partial charge in [-0.05, 0) is 39.7 Å². The van der Waals surface area contributed by atoms with Gasteiger partial charge < -0.3 is 15.5 Å². The van der Waals surface area contributed by atoms with E-state index in [0.29, 0.717) is 12.0 Å². The highest BCUT2D eigenvalue weighted by Crippen LogP contribution is 2.16. The van der Waals surface area contributed by atoms with Gasteiger partial charge >= 0.3 is 0 Å². The van der Waals surface area contributed by atoms with Crippen molar-refractivity contribution in [2.24, 2.45) is 0 Å². The van der Waals surface area contributed by atoms with Crippen LogP contribution in [0.2, 0.25) is 0 Å². The van der Waals surface area contributed by atoms with Gasteiger partial charge in [0.2, 0.25) is 5.95 Å². The maximum atomic E-state index is 13.6. The normalized spacial score (nSPS) is 19.5. The number of aromatic nitrogens is 2. The van der Waals surface area contributed by atoms with Gasteiger partial charge in [0, 0.05) is 25.7 Å². The van der Waals surface area contributed by atoms with Crippen molar-refractivity contribution in [3.8, 4) is 0 Å². The molecule has 0 amide bonds. The summed E-state index contributed by atoms with van der Waals surface area (Å²) >= 11 is 0. The SMILES string of the molecule is CCNc1ncc(F)c(NCCCN2CCCCC2C)n1. The van der Waals surface area contributed by atoms with Crippen molar-refractivity contribution in [3.63, 3.8) is 0 Å². The third-order valence-electron chi connectivity index (χ3n) is 3.93. The second-order valence-electron chi connectivity index (χ2n) is 5.58. The summed E-state index contributed by atoms with van der Waals surface area (Å²) < 4.78 is 13.6. The van der Waals surface area contributed by atoms with Crippen molar-refractivity contribution in [1.29, 1.82) is 0 Å². The Labute approximate surface area is 126 Å². The zero-order valence-corrected chi connectivity index (χ0v) is 13.0. The van der Waals surface area contributed by atoms with Crippen LogP contribution in [0.4, 0.5) is 16.2 Å². The van der Waals surface area contributed by atoms with Crippen molar-refractivity contribution in [2.45, 2.75) is 45.6 Å². The zero-order chi connectivity index (χ0) is 15.1. The van der Waals surface area contributed by atoms with Gasteiger partial charge in [-0.2, -0.15) is 4.98 Å². The first-order valence-electron chi connectivity index (χ1n) is 7.95. The van der Waals surface area contributed by atoms with Gasteiger partial charge in [0.25, 0.3) is 0 Å². The van der Waals surface area contributed by atoms with E-state index in [2.05, 4.69) is 32.4 Å². The number of rotatable bonds is 7. The minimum absolute atomic E-state index is 0.285. The van der Waals surface area contributed by atoms with E-state index in [0.717, 1.165) is 26.1 Å². The number of piperidine rings is 1. The summed E-state index contributed by atoms with van der Waals surface area (Å²) in [4.78, 5) is 10.6. The number of hydrogen-bond acceptors (Lipinski definition) is 5. The molecule has 1 aromatic heterocycles. The average Bonchev–Trinajstić information content (AvgIpc) is 2.48. The van der Waals surface area contributed by atoms with Crippen LogP contribution in [0.25, 0.3) is 0 Å². The number of hydrogen-bond donors (Lipinski definition) is 2. The summed E-state index contributed by atoms with van der Waals surface area (Å²) in [6.45, 7) is 7.94. The lowest BCUT2D eigenvalue weighted by Gasteiger charge is -2.33. The van der Waals surface area contributed by atoms with E-state index >= 15 is 0 Å². The molecule has 0 aromatic carbocycles. The number of halogens is 1. The monoisotopic (exact) mass is 295 g/mol. The first-order chi connectivity index (χ1) is 10.2. The van der Waals surface area contributed by atoms with Crippen molar-refractivity contribution in [3.05, 3.63) is 12.0 Å². The zero-order valence-electron chi connectivity index (χ0n) is 13.0. The molecule has 1 unspecified atom stereocenters. The van der Waals surface area contributed by atoms with Crippen LogP contribution >= 0.6 is 0 Å². The van der Waals surface area contributed by atoms with Gasteiger partial charge in [-0.15, -0.1) is 0 Å². The summed E-state index contributed by atoms with van der Waals surface area (Å²) in [6, 6.07) is 0.676. The molecule has 2 N–H and O–H groups in total. The van der Waals surface area contributed by atoms with E-state index in [-0.39, 0.29) is 5.82 Å². The van der Waals surface area contributed by atoms with Crippen LogP contribution in [0.15, 0.2) is 6.20 Å². The summed E-state index contributed by atoms with van der Waals surface area (Å²) in [7, 11) is 0. The van der Waals surface area contributed by atoms with E-state index in [1.165, 1.54) is 32.0 Å². The molecule has 1 aromatic rings. The fraction of sp³-hybridized carbons (Fsp3) is 0.733. The Morgan fingerprint density at radius 1 is 1.38 bits per heavy atom. The lowest BCUT2D eigenvalue weighted by molar-refractivity contribution is 0.160. The molecular weight excluding hydrogens is 269 g/mol. The minimum atomic E-state index is -0.400. The molecule has 1 aliphatic heterocycles. The van der Waals surface area contributed by atoms with Crippen LogP contribution in [-0.2, 0) is 0 Å². The minimum Gasteiger partial charge on any atom is -0.367 e. The van der Waals surface area contributed by atoms with Crippen LogP contribution in [-0.4, -0.2) is 47.1 Å². The second kappa shape index (κ2) is 8.12. The molecule has 1 atom stereocenters. The van der Waals surface area contributed by atoms with Crippen LogP contribution in [0.5, 0.6) is 0 Å². The van der Waals surface area contributed by atoms with Crippen molar-refractivity contribution in [1.82, 2.24) is 14.9 Å². The van der Waals surface area contributed by atoms with E-state index in [4.69, 9.17) is 0 Å². The smallest absolute Gasteiger partial charge is 0.224 e. The molecule has 0 bridgehead atoms. The molecule has 1 saturated heterocycles. The molecular formula is C15H26FN5. The molecule has 5 nitrogen and oxygen atoms in total. The predicted molar refractivity (Wildman–Crippen MR) is 84.1 cm³/mol. The molecule has 0 aliphatic carbocycles. The topological polar surface area (TPSA) is 53.1 Å². The van der Waals surface area contributed by atoms with E-state index in [9.17, 15) is 4.39 Å². The van der Waals surface area contributed by atoms with E-state index < -0.39 is 5.82 Å². The molecule has 2 heterocycles. The Morgan fingerprint density at radius 2 is 2.24 bits per heavy atom. The van der Waals surface area contributed by atoms with Gasteiger partial charge in [0.1, 0.15) is 0 Å². The molecule has 0 spiro atoms. The predicted octanol–water partition coefficient (Wildman–Crippen LogP) is 2.72. The van der Waals surface area contributed by atoms with E-state index in [1.807, 2.05) is 6.92 Å². The average molecular weight is 295 g/mol. The third-order valence-corrected chi connectivity index (χ3v) is 3.93. The molecule has 0 radical (unpaired) electrons. The van der Waals surface area contributed by atoms with Crippen LogP contribution in [0, 0.1) is 5.82 Å². The second-order valence-corrected chi connectivity index (χ2v) is 5.58. The standard InChI is InChI=1S/C15H26FN5/c1-3-17-15-19-11-13(16)14(20-15)18-8-6-10-21-9-5-4-7-12(21)2/h11-12H,3-10H2,1-2H3,(H2,17,18,19,20). The van der Waals surface area contributed by atoms with Gasteiger partial charge in [-0.1, -0.05) is 6.42 Å². The highest BCUT2D eigenvalue weighted by atomic mass is 19.1. The summed E-state index contributed by atoms with van der Waals surface area (Å²) in [6.07, 6.45) is 6.13. The maximum absolute atomic E-state index is 13.6. The number of anilines is 2. The quantitative estimate of drug-likeness (QED) is 0.758. The number of nitrogens with zero attached hydrogens (tertiary/aromatic N) is 3. The Balaban J connectivity index is 1.76. The molecule has 1 aliphatic rings. The van der Waals surface area contributed by atoms with Crippen molar-refractivity contribution < 1.29 is 4.39 Å². The Morgan fingerprint density at radius 3 is 3.00 bits per heavy atom. The highest BCUT2D eigenvalue weighted by Gasteiger charge is 2.17. The Kier molecular flexibility index (Phi) is 6.17. The van der Waals surface area contributed by atoms with Crippen molar-refractivity contribution >= 4 is 11.8 Å². The molecule has 1 fully saturated rings. The fourth-order valence-electron chi connectivity index (χ4n) is 2.71. The van der Waals surface area contributed by atoms with Crippen LogP contribution < -0.4 is 10.6 Å². The number of likely N-dealkylation sites (tertiary alicyclic amines) is 1. The van der Waals surface area contributed by atoms with Gasteiger partial charge in [0.15, 0.2) is 11.6 Å². The lowest BCUT2D eigenvalue weighted by Crippen LogP contribution is -2.38. The summed E-state index contributed by atoms with van der Waals surface area (Å²) in [5.74, 6) is 0.349. The maximum Gasteiger partial charge on any atom is 0.224 e. The highest BCUT2D eigenvalue weighted by molar-refractivity contribution is 5.40. The van der Waals surface area contributed by atoms with Gasteiger partial charge in [-0.25, -0.2) is 9.37 Å². The largest absolute Gasteiger partial charge is 0.367 e. The first kappa shape index (κ1) is 15.9. The summed E-state index contributed by atoms with van der Waals surface area (Å²) in [5, 5.41) is 6.06. The third kappa shape index (κ3) is 4.81. The summed E-state index contributed by atoms with van der Waals surface area (Å²) in [5.41, 5.74) is 0. The Hall–Kier alpha value is -1.43.